The lowest BCUT2D eigenvalue weighted by Crippen LogP contribution is -2.47. The van der Waals surface area contributed by atoms with Crippen LogP contribution in [-0.4, -0.2) is 35.6 Å². The van der Waals surface area contributed by atoms with Crippen molar-refractivity contribution in [3.8, 4) is 11.5 Å². The molecule has 1 aromatic carbocycles. The van der Waals surface area contributed by atoms with E-state index >= 15 is 0 Å². The average Bonchev–Trinajstić information content (AvgIpc) is 2.61. The summed E-state index contributed by atoms with van der Waals surface area (Å²) >= 11 is 0. The van der Waals surface area contributed by atoms with Crippen molar-refractivity contribution >= 4 is 23.9 Å². The highest BCUT2D eigenvalue weighted by molar-refractivity contribution is 5.84. The van der Waals surface area contributed by atoms with Crippen LogP contribution in [0.2, 0.25) is 0 Å². The zero-order valence-corrected chi connectivity index (χ0v) is 19.1. The van der Waals surface area contributed by atoms with Gasteiger partial charge in [0.25, 0.3) is 0 Å². The van der Waals surface area contributed by atoms with E-state index < -0.39 is 41.5 Å². The summed E-state index contributed by atoms with van der Waals surface area (Å²) in [5.41, 5.74) is 5.20. The summed E-state index contributed by atoms with van der Waals surface area (Å²) in [6, 6.07) is 3.45. The molecule has 0 saturated heterocycles. The van der Waals surface area contributed by atoms with Gasteiger partial charge in [0.05, 0.1) is 11.8 Å². The van der Waals surface area contributed by atoms with E-state index in [0.29, 0.717) is 5.56 Å². The Kier molecular flexibility index (Phi) is 9.02. The molecule has 0 heterocycles. The van der Waals surface area contributed by atoms with Crippen molar-refractivity contribution in [1.29, 1.82) is 0 Å². The van der Waals surface area contributed by atoms with Gasteiger partial charge in [-0.1, -0.05) is 33.8 Å². The first-order chi connectivity index (χ1) is 14.2. The molecule has 0 unspecified atom stereocenters. The SMILES string of the molecule is CC(C)C(=O)Oc1ccc(C[C@H](NC(=O)OC(C)(C)C)C(N)=O)cc1OC(=O)C(C)C. The molecule has 2 amide bonds. The van der Waals surface area contributed by atoms with Gasteiger partial charge in [-0.2, -0.15) is 0 Å². The quantitative estimate of drug-likeness (QED) is 0.473. The third-order valence-electron chi connectivity index (χ3n) is 3.85. The van der Waals surface area contributed by atoms with Crippen molar-refractivity contribution in [2.45, 2.75) is 66.5 Å². The van der Waals surface area contributed by atoms with Gasteiger partial charge in [-0.3, -0.25) is 14.4 Å². The van der Waals surface area contributed by atoms with Crippen molar-refractivity contribution in [2.75, 3.05) is 0 Å². The highest BCUT2D eigenvalue weighted by atomic mass is 16.6. The number of amides is 2. The molecule has 0 radical (unpaired) electrons. The fourth-order valence-electron chi connectivity index (χ4n) is 2.20. The lowest BCUT2D eigenvalue weighted by molar-refractivity contribution is -0.140. The van der Waals surface area contributed by atoms with E-state index in [9.17, 15) is 19.2 Å². The Balaban J connectivity index is 3.13. The van der Waals surface area contributed by atoms with E-state index in [-0.39, 0.29) is 23.8 Å². The molecule has 0 fully saturated rings. The van der Waals surface area contributed by atoms with E-state index in [1.165, 1.54) is 12.1 Å². The zero-order valence-electron chi connectivity index (χ0n) is 19.1. The Morgan fingerprint density at radius 3 is 1.90 bits per heavy atom. The third-order valence-corrected chi connectivity index (χ3v) is 3.85. The van der Waals surface area contributed by atoms with Crippen molar-refractivity contribution in [1.82, 2.24) is 5.32 Å². The van der Waals surface area contributed by atoms with Gasteiger partial charge in [-0.15, -0.1) is 0 Å². The monoisotopic (exact) mass is 436 g/mol. The number of esters is 2. The number of rotatable bonds is 8. The standard InChI is InChI=1S/C22H32N2O7/c1-12(2)19(26)29-16-9-8-14(11-17(16)30-20(27)13(3)4)10-15(18(23)25)24-21(28)31-22(5,6)7/h8-9,11-13,15H,10H2,1-7H3,(H2,23,25)(H,24,28)/t15-/m0/s1. The molecular weight excluding hydrogens is 404 g/mol. The number of alkyl carbamates (subject to hydrolysis) is 1. The number of nitrogens with two attached hydrogens (primary N) is 1. The Morgan fingerprint density at radius 1 is 0.935 bits per heavy atom. The molecule has 1 rings (SSSR count). The molecule has 0 spiro atoms. The van der Waals surface area contributed by atoms with Crippen LogP contribution in [0.3, 0.4) is 0 Å². The normalized spacial score (nSPS) is 12.3. The molecule has 1 atom stereocenters. The van der Waals surface area contributed by atoms with Gasteiger partial charge in [0.2, 0.25) is 5.91 Å². The van der Waals surface area contributed by atoms with Crippen molar-refractivity contribution in [3.63, 3.8) is 0 Å². The summed E-state index contributed by atoms with van der Waals surface area (Å²) in [6.07, 6.45) is -0.774. The van der Waals surface area contributed by atoms with E-state index in [1.54, 1.807) is 54.5 Å². The zero-order chi connectivity index (χ0) is 23.9. The van der Waals surface area contributed by atoms with Gasteiger partial charge in [0.1, 0.15) is 11.6 Å². The lowest BCUT2D eigenvalue weighted by atomic mass is 10.0. The molecule has 172 valence electrons. The number of carbonyl (C=O) groups is 4. The minimum Gasteiger partial charge on any atom is -0.444 e. The van der Waals surface area contributed by atoms with E-state index in [4.69, 9.17) is 19.9 Å². The second kappa shape index (κ2) is 10.8. The van der Waals surface area contributed by atoms with Crippen LogP contribution in [0.4, 0.5) is 4.79 Å². The number of primary amides is 1. The first-order valence-electron chi connectivity index (χ1n) is 10.0. The van der Waals surface area contributed by atoms with Crippen LogP contribution in [0, 0.1) is 11.8 Å². The fourth-order valence-corrected chi connectivity index (χ4v) is 2.20. The summed E-state index contributed by atoms with van der Waals surface area (Å²) in [5.74, 6) is -2.46. The van der Waals surface area contributed by atoms with Crippen LogP contribution in [0.5, 0.6) is 11.5 Å². The highest BCUT2D eigenvalue weighted by Gasteiger charge is 2.24. The summed E-state index contributed by atoms with van der Waals surface area (Å²) in [6.45, 7) is 11.8. The Bertz CT molecular complexity index is 826. The predicted molar refractivity (Wildman–Crippen MR) is 113 cm³/mol. The summed E-state index contributed by atoms with van der Waals surface area (Å²) in [7, 11) is 0. The number of benzene rings is 1. The minimum atomic E-state index is -1.06. The van der Waals surface area contributed by atoms with Gasteiger partial charge in [0, 0.05) is 6.42 Å². The molecule has 9 heteroatoms. The highest BCUT2D eigenvalue weighted by Crippen LogP contribution is 2.30. The first kappa shape index (κ1) is 25.9. The Hall–Kier alpha value is -3.10. The summed E-state index contributed by atoms with van der Waals surface area (Å²) in [5, 5.41) is 2.43. The lowest BCUT2D eigenvalue weighted by Gasteiger charge is -2.22. The number of nitrogens with one attached hydrogen (secondary N) is 1. The maximum atomic E-state index is 12.1. The van der Waals surface area contributed by atoms with Gasteiger partial charge in [-0.25, -0.2) is 4.79 Å². The van der Waals surface area contributed by atoms with Crippen LogP contribution < -0.4 is 20.5 Å². The van der Waals surface area contributed by atoms with E-state index in [0.717, 1.165) is 0 Å². The average molecular weight is 437 g/mol. The molecule has 0 aliphatic heterocycles. The fraction of sp³-hybridized carbons (Fsp3) is 0.545. The van der Waals surface area contributed by atoms with Gasteiger partial charge in [-0.05, 0) is 38.5 Å². The van der Waals surface area contributed by atoms with Crippen LogP contribution in [0.15, 0.2) is 18.2 Å². The van der Waals surface area contributed by atoms with Crippen LogP contribution >= 0.6 is 0 Å². The molecular formula is C22H32N2O7. The van der Waals surface area contributed by atoms with Crippen molar-refractivity contribution < 1.29 is 33.4 Å². The first-order valence-corrected chi connectivity index (χ1v) is 10.0. The second-order valence-electron chi connectivity index (χ2n) is 8.74. The van der Waals surface area contributed by atoms with Gasteiger partial charge < -0.3 is 25.3 Å². The molecule has 9 nitrogen and oxygen atoms in total. The number of hydrogen-bond acceptors (Lipinski definition) is 7. The predicted octanol–water partition coefficient (Wildman–Crippen LogP) is 2.73. The second-order valence-corrected chi connectivity index (χ2v) is 8.74. The summed E-state index contributed by atoms with van der Waals surface area (Å²) in [4.78, 5) is 47.9. The number of hydrogen-bond donors (Lipinski definition) is 2. The van der Waals surface area contributed by atoms with E-state index in [2.05, 4.69) is 5.32 Å². The molecule has 0 aromatic heterocycles. The molecule has 0 bridgehead atoms. The van der Waals surface area contributed by atoms with Crippen LogP contribution in [0.1, 0.15) is 54.0 Å². The smallest absolute Gasteiger partial charge is 0.408 e. The number of carbonyl (C=O) groups excluding carboxylic acids is 4. The minimum absolute atomic E-state index is 0.0131. The molecule has 0 aliphatic carbocycles. The van der Waals surface area contributed by atoms with Crippen molar-refractivity contribution in [3.05, 3.63) is 23.8 Å². The molecule has 0 aliphatic rings. The molecule has 3 N–H and O–H groups in total. The third kappa shape index (κ3) is 9.06. The Labute approximate surface area is 182 Å². The maximum absolute atomic E-state index is 12.1. The van der Waals surface area contributed by atoms with Gasteiger partial charge >= 0.3 is 18.0 Å². The topological polar surface area (TPSA) is 134 Å². The van der Waals surface area contributed by atoms with E-state index in [1.807, 2.05) is 0 Å². The largest absolute Gasteiger partial charge is 0.444 e. The molecule has 0 saturated carbocycles. The number of ether oxygens (including phenoxy) is 3. The van der Waals surface area contributed by atoms with Gasteiger partial charge in [0.15, 0.2) is 11.5 Å². The molecule has 31 heavy (non-hydrogen) atoms. The van der Waals surface area contributed by atoms with Crippen molar-refractivity contribution in [2.24, 2.45) is 17.6 Å². The van der Waals surface area contributed by atoms with Crippen LogP contribution in [-0.2, 0) is 25.5 Å². The maximum Gasteiger partial charge on any atom is 0.408 e. The Morgan fingerprint density at radius 2 is 1.45 bits per heavy atom. The summed E-state index contributed by atoms with van der Waals surface area (Å²) < 4.78 is 15.8. The molecule has 1 aromatic rings. The van der Waals surface area contributed by atoms with Crippen LogP contribution in [0.25, 0.3) is 0 Å².